The van der Waals surface area contributed by atoms with Crippen LogP contribution in [0.25, 0.3) is 0 Å². The van der Waals surface area contributed by atoms with Crippen molar-refractivity contribution in [1.82, 2.24) is 0 Å². The third-order valence-corrected chi connectivity index (χ3v) is 2.02. The van der Waals surface area contributed by atoms with Gasteiger partial charge in [-0.15, -0.1) is 0 Å². The maximum Gasteiger partial charge on any atom is 0.0366 e. The molecule has 1 rings (SSSR count). The van der Waals surface area contributed by atoms with Gasteiger partial charge in [-0.2, -0.15) is 12.6 Å². The molecule has 0 nitrogen and oxygen atoms in total. The summed E-state index contributed by atoms with van der Waals surface area (Å²) in [6, 6.07) is 0. The van der Waals surface area contributed by atoms with Gasteiger partial charge in [0, 0.05) is 10.8 Å². The van der Waals surface area contributed by atoms with Crippen LogP contribution >= 0.6 is 24.2 Å². The maximum atomic E-state index is 5.74. The van der Waals surface area contributed by atoms with Gasteiger partial charge in [-0.05, 0) is 18.9 Å². The van der Waals surface area contributed by atoms with Crippen molar-refractivity contribution < 1.29 is 0 Å². The Kier molecular flexibility index (Phi) is 2.67. The van der Waals surface area contributed by atoms with E-state index in [1.54, 1.807) is 0 Å². The van der Waals surface area contributed by atoms with Gasteiger partial charge in [-0.3, -0.25) is 0 Å². The lowest BCUT2D eigenvalue weighted by atomic mass is 10.1. The van der Waals surface area contributed by atoms with Crippen LogP contribution in [-0.2, 0) is 0 Å². The molecule has 1 aliphatic carbocycles. The molecule has 0 heterocycles. The van der Waals surface area contributed by atoms with Crippen LogP contribution in [0, 0.1) is 0 Å². The number of halogens is 1. The standard InChI is InChI=1S/C7H9ClS/c8-7-3-1-2-6(4-7)5-9/h3-4,9H,1-2,5H2. The van der Waals surface area contributed by atoms with Gasteiger partial charge in [0.2, 0.25) is 0 Å². The first-order valence-electron chi connectivity index (χ1n) is 2.99. The second-order valence-electron chi connectivity index (χ2n) is 2.09. The average molecular weight is 161 g/mol. The van der Waals surface area contributed by atoms with Crippen molar-refractivity contribution in [1.29, 1.82) is 0 Å². The minimum atomic E-state index is 0.837. The third kappa shape index (κ3) is 2.07. The highest BCUT2D eigenvalue weighted by atomic mass is 35.5. The number of thiol groups is 1. The van der Waals surface area contributed by atoms with Crippen LogP contribution in [0.4, 0.5) is 0 Å². The molecule has 2 heteroatoms. The lowest BCUT2D eigenvalue weighted by molar-refractivity contribution is 0.963. The van der Waals surface area contributed by atoms with Crippen LogP contribution in [0.1, 0.15) is 12.8 Å². The summed E-state index contributed by atoms with van der Waals surface area (Å²) < 4.78 is 0. The first-order chi connectivity index (χ1) is 4.33. The molecule has 0 fully saturated rings. The Morgan fingerprint density at radius 2 is 2.44 bits per heavy atom. The fraction of sp³-hybridized carbons (Fsp3) is 0.429. The zero-order valence-corrected chi connectivity index (χ0v) is 6.75. The molecule has 0 N–H and O–H groups in total. The number of hydrogen-bond acceptors (Lipinski definition) is 1. The van der Waals surface area contributed by atoms with Crippen molar-refractivity contribution in [3.63, 3.8) is 0 Å². The SMILES string of the molecule is SCC1=CC(Cl)=CCC1. The van der Waals surface area contributed by atoms with Gasteiger partial charge >= 0.3 is 0 Å². The van der Waals surface area contributed by atoms with Gasteiger partial charge in [-0.1, -0.05) is 23.3 Å². The summed E-state index contributed by atoms with van der Waals surface area (Å²) in [5.41, 5.74) is 1.34. The Hall–Kier alpha value is 0.120. The van der Waals surface area contributed by atoms with Gasteiger partial charge < -0.3 is 0 Å². The van der Waals surface area contributed by atoms with Crippen molar-refractivity contribution in [2.45, 2.75) is 12.8 Å². The van der Waals surface area contributed by atoms with Crippen LogP contribution in [0.3, 0.4) is 0 Å². The average Bonchev–Trinajstić information content (AvgIpc) is 1.88. The summed E-state index contributed by atoms with van der Waals surface area (Å²) in [5.74, 6) is 0.837. The van der Waals surface area contributed by atoms with Crippen molar-refractivity contribution in [2.24, 2.45) is 0 Å². The zero-order valence-electron chi connectivity index (χ0n) is 5.10. The molecule has 1 aliphatic rings. The molecule has 0 bridgehead atoms. The molecule has 50 valence electrons. The third-order valence-electron chi connectivity index (χ3n) is 1.35. The van der Waals surface area contributed by atoms with Crippen LogP contribution < -0.4 is 0 Å². The normalized spacial score (nSPS) is 18.9. The van der Waals surface area contributed by atoms with Crippen molar-refractivity contribution in [3.8, 4) is 0 Å². The molecule has 0 amide bonds. The highest BCUT2D eigenvalue weighted by molar-refractivity contribution is 7.80. The Morgan fingerprint density at radius 3 is 2.89 bits per heavy atom. The number of allylic oxidation sites excluding steroid dienone is 3. The summed E-state index contributed by atoms with van der Waals surface area (Å²) >= 11 is 9.89. The summed E-state index contributed by atoms with van der Waals surface area (Å²) in [5, 5.41) is 0.866. The Bertz CT molecular complexity index is 158. The molecule has 0 saturated carbocycles. The van der Waals surface area contributed by atoms with Crippen LogP contribution in [0.5, 0.6) is 0 Å². The Balaban J connectivity index is 2.63. The monoisotopic (exact) mass is 160 g/mol. The lowest BCUT2D eigenvalue weighted by Crippen LogP contribution is -1.89. The van der Waals surface area contributed by atoms with E-state index in [2.05, 4.69) is 12.6 Å². The van der Waals surface area contributed by atoms with Gasteiger partial charge in [-0.25, -0.2) is 0 Å². The quantitative estimate of drug-likeness (QED) is 0.561. The summed E-state index contributed by atoms with van der Waals surface area (Å²) in [6.07, 6.45) is 6.23. The van der Waals surface area contributed by atoms with E-state index in [9.17, 15) is 0 Å². The fourth-order valence-corrected chi connectivity index (χ4v) is 1.36. The van der Waals surface area contributed by atoms with Crippen LogP contribution in [0.2, 0.25) is 0 Å². The second kappa shape index (κ2) is 3.33. The maximum absolute atomic E-state index is 5.74. The van der Waals surface area contributed by atoms with Crippen LogP contribution in [0.15, 0.2) is 22.8 Å². The molecule has 0 aromatic heterocycles. The first kappa shape index (κ1) is 7.23. The lowest BCUT2D eigenvalue weighted by Gasteiger charge is -2.06. The van der Waals surface area contributed by atoms with Gasteiger partial charge in [0.25, 0.3) is 0 Å². The molecular weight excluding hydrogens is 152 g/mol. The molecule has 0 radical (unpaired) electrons. The molecule has 0 aliphatic heterocycles. The highest BCUT2D eigenvalue weighted by Crippen LogP contribution is 2.19. The summed E-state index contributed by atoms with van der Waals surface area (Å²) in [7, 11) is 0. The smallest absolute Gasteiger partial charge is 0.0366 e. The Morgan fingerprint density at radius 1 is 1.67 bits per heavy atom. The molecule has 0 atom stereocenters. The highest BCUT2D eigenvalue weighted by Gasteiger charge is 2.00. The molecule has 0 saturated heterocycles. The van der Waals surface area contributed by atoms with Crippen molar-refractivity contribution in [2.75, 3.05) is 5.75 Å². The van der Waals surface area contributed by atoms with E-state index in [1.165, 1.54) is 5.57 Å². The zero-order chi connectivity index (χ0) is 6.69. The predicted octanol–water partition coefficient (Wildman–Crippen LogP) is 2.76. The van der Waals surface area contributed by atoms with Gasteiger partial charge in [0.05, 0.1) is 0 Å². The van der Waals surface area contributed by atoms with E-state index < -0.39 is 0 Å². The largest absolute Gasteiger partial charge is 0.175 e. The fourth-order valence-electron chi connectivity index (χ4n) is 0.846. The summed E-state index contributed by atoms with van der Waals surface area (Å²) in [6.45, 7) is 0. The van der Waals surface area contributed by atoms with Crippen molar-refractivity contribution >= 4 is 24.2 Å². The minimum Gasteiger partial charge on any atom is -0.175 e. The van der Waals surface area contributed by atoms with E-state index in [0.717, 1.165) is 23.6 Å². The second-order valence-corrected chi connectivity index (χ2v) is 2.84. The number of rotatable bonds is 1. The molecular formula is C7H9ClS. The molecule has 9 heavy (non-hydrogen) atoms. The predicted molar refractivity (Wildman–Crippen MR) is 45.1 cm³/mol. The van der Waals surface area contributed by atoms with E-state index in [0.29, 0.717) is 0 Å². The molecule has 0 aromatic rings. The van der Waals surface area contributed by atoms with Gasteiger partial charge in [0.15, 0.2) is 0 Å². The van der Waals surface area contributed by atoms with E-state index >= 15 is 0 Å². The summed E-state index contributed by atoms with van der Waals surface area (Å²) in [4.78, 5) is 0. The molecule has 0 aromatic carbocycles. The molecule has 0 unspecified atom stereocenters. The Labute approximate surface area is 66.0 Å². The first-order valence-corrected chi connectivity index (χ1v) is 4.00. The molecule has 0 spiro atoms. The van der Waals surface area contributed by atoms with E-state index in [4.69, 9.17) is 11.6 Å². The van der Waals surface area contributed by atoms with E-state index in [1.807, 2.05) is 12.2 Å². The van der Waals surface area contributed by atoms with E-state index in [-0.39, 0.29) is 0 Å². The van der Waals surface area contributed by atoms with Crippen molar-refractivity contribution in [3.05, 3.63) is 22.8 Å². The van der Waals surface area contributed by atoms with Gasteiger partial charge in [0.1, 0.15) is 0 Å². The topological polar surface area (TPSA) is 0 Å². The van der Waals surface area contributed by atoms with Crippen LogP contribution in [-0.4, -0.2) is 5.75 Å². The minimum absolute atomic E-state index is 0.837. The number of hydrogen-bond donors (Lipinski definition) is 1.